The molecule has 1 atom stereocenters. The molecule has 6 heteroatoms. The van der Waals surface area contributed by atoms with Gasteiger partial charge in [0.1, 0.15) is 13.2 Å². The van der Waals surface area contributed by atoms with Gasteiger partial charge in [-0.15, -0.1) is 0 Å². The molecule has 0 bridgehead atoms. The van der Waals surface area contributed by atoms with Gasteiger partial charge >= 0.3 is 17.9 Å². The summed E-state index contributed by atoms with van der Waals surface area (Å²) < 4.78 is 16.6. The van der Waals surface area contributed by atoms with Crippen LogP contribution in [0.2, 0.25) is 0 Å². The fourth-order valence-corrected chi connectivity index (χ4v) is 6.45. The molecule has 0 unspecified atom stereocenters. The molecular weight excluding hydrogens is 624 g/mol. The Bertz CT molecular complexity index is 751. The van der Waals surface area contributed by atoms with Gasteiger partial charge in [0.15, 0.2) is 6.10 Å². The molecule has 296 valence electrons. The van der Waals surface area contributed by atoms with Crippen LogP contribution in [0.5, 0.6) is 0 Å². The molecule has 0 aromatic rings. The molecule has 0 aliphatic heterocycles. The summed E-state index contributed by atoms with van der Waals surface area (Å²) in [6, 6.07) is 0. The third kappa shape index (κ3) is 37.7. The van der Waals surface area contributed by atoms with Gasteiger partial charge < -0.3 is 14.2 Å². The lowest BCUT2D eigenvalue weighted by molar-refractivity contribution is -0.167. The lowest BCUT2D eigenvalue weighted by Gasteiger charge is -2.18. The minimum Gasteiger partial charge on any atom is -0.462 e. The maximum Gasteiger partial charge on any atom is 0.306 e. The highest BCUT2D eigenvalue weighted by Crippen LogP contribution is 2.16. The first-order valence-corrected chi connectivity index (χ1v) is 21.9. The number of esters is 3. The van der Waals surface area contributed by atoms with Crippen molar-refractivity contribution >= 4 is 17.9 Å². The number of hydrogen-bond donors (Lipinski definition) is 0. The Hall–Kier alpha value is -1.59. The maximum absolute atomic E-state index is 12.5. The van der Waals surface area contributed by atoms with E-state index in [9.17, 15) is 14.4 Å². The van der Waals surface area contributed by atoms with Crippen molar-refractivity contribution in [1.29, 1.82) is 0 Å². The standard InChI is InChI=1S/C44H84O6/c1-5-7-9-11-12-13-14-15-16-17-21-24-28-31-35-42(45)48-38-41(50-44(47)37-33-26-10-8-6-2)39-49-43(46)36-32-29-25-22-19-18-20-23-27-30-34-40(3)4/h40-41H,5-39H2,1-4H3/t41-/m1/s1. The minimum atomic E-state index is -0.757. The van der Waals surface area contributed by atoms with Crippen LogP contribution in [0.25, 0.3) is 0 Å². The summed E-state index contributed by atoms with van der Waals surface area (Å²) in [5.74, 6) is -0.0526. The van der Waals surface area contributed by atoms with Crippen molar-refractivity contribution in [2.45, 2.75) is 246 Å². The van der Waals surface area contributed by atoms with Gasteiger partial charge in [-0.3, -0.25) is 14.4 Å². The highest BCUT2D eigenvalue weighted by molar-refractivity contribution is 5.71. The highest BCUT2D eigenvalue weighted by atomic mass is 16.6. The van der Waals surface area contributed by atoms with Gasteiger partial charge in [-0.25, -0.2) is 0 Å². The number of rotatable bonds is 39. The van der Waals surface area contributed by atoms with Gasteiger partial charge in [0, 0.05) is 19.3 Å². The molecule has 0 fully saturated rings. The van der Waals surface area contributed by atoms with Gasteiger partial charge in [-0.05, 0) is 25.2 Å². The number of unbranched alkanes of at least 4 members (excludes halogenated alkanes) is 26. The lowest BCUT2D eigenvalue weighted by Crippen LogP contribution is -2.30. The molecule has 0 aliphatic rings. The summed E-state index contributed by atoms with van der Waals surface area (Å²) in [5, 5.41) is 0. The third-order valence-electron chi connectivity index (χ3n) is 9.79. The topological polar surface area (TPSA) is 78.9 Å². The molecule has 0 N–H and O–H groups in total. The summed E-state index contributed by atoms with van der Waals surface area (Å²) in [6.07, 6.45) is 36.9. The van der Waals surface area contributed by atoms with Crippen molar-refractivity contribution in [1.82, 2.24) is 0 Å². The van der Waals surface area contributed by atoms with Crippen LogP contribution >= 0.6 is 0 Å². The van der Waals surface area contributed by atoms with Crippen molar-refractivity contribution in [2.75, 3.05) is 13.2 Å². The monoisotopic (exact) mass is 709 g/mol. The van der Waals surface area contributed by atoms with E-state index in [0.717, 1.165) is 70.1 Å². The molecule has 0 saturated carbocycles. The van der Waals surface area contributed by atoms with Crippen molar-refractivity contribution in [3.63, 3.8) is 0 Å². The van der Waals surface area contributed by atoms with E-state index in [1.807, 2.05) is 0 Å². The second kappa shape index (κ2) is 38.6. The molecule has 0 amide bonds. The van der Waals surface area contributed by atoms with E-state index in [0.29, 0.717) is 19.3 Å². The number of carbonyl (C=O) groups is 3. The number of carbonyl (C=O) groups excluding carboxylic acids is 3. The molecule has 50 heavy (non-hydrogen) atoms. The highest BCUT2D eigenvalue weighted by Gasteiger charge is 2.19. The first kappa shape index (κ1) is 48.4. The second-order valence-corrected chi connectivity index (χ2v) is 15.5. The van der Waals surface area contributed by atoms with Crippen LogP contribution in [0.15, 0.2) is 0 Å². The minimum absolute atomic E-state index is 0.0655. The first-order valence-electron chi connectivity index (χ1n) is 21.9. The molecule has 0 rings (SSSR count). The number of hydrogen-bond acceptors (Lipinski definition) is 6. The Balaban J connectivity index is 4.16. The zero-order chi connectivity index (χ0) is 36.8. The van der Waals surface area contributed by atoms with E-state index < -0.39 is 6.10 Å². The van der Waals surface area contributed by atoms with E-state index in [1.54, 1.807) is 0 Å². The molecule has 0 radical (unpaired) electrons. The van der Waals surface area contributed by atoms with E-state index in [2.05, 4.69) is 27.7 Å². The van der Waals surface area contributed by atoms with E-state index in [1.165, 1.54) is 128 Å². The zero-order valence-electron chi connectivity index (χ0n) is 33.9. The van der Waals surface area contributed by atoms with Crippen LogP contribution < -0.4 is 0 Å². The Morgan fingerprint density at radius 2 is 0.660 bits per heavy atom. The Morgan fingerprint density at radius 3 is 0.980 bits per heavy atom. The fourth-order valence-electron chi connectivity index (χ4n) is 6.45. The van der Waals surface area contributed by atoms with E-state index in [4.69, 9.17) is 14.2 Å². The molecular formula is C44H84O6. The quantitative estimate of drug-likeness (QED) is 0.0359. The molecule has 0 spiro atoms. The van der Waals surface area contributed by atoms with E-state index >= 15 is 0 Å². The van der Waals surface area contributed by atoms with Crippen LogP contribution in [0.1, 0.15) is 240 Å². The van der Waals surface area contributed by atoms with Gasteiger partial charge in [0.05, 0.1) is 0 Å². The van der Waals surface area contributed by atoms with Crippen LogP contribution in [0, 0.1) is 5.92 Å². The van der Waals surface area contributed by atoms with E-state index in [-0.39, 0.29) is 31.1 Å². The molecule has 0 aromatic heterocycles. The summed E-state index contributed by atoms with van der Waals surface area (Å²) in [4.78, 5) is 37.4. The summed E-state index contributed by atoms with van der Waals surface area (Å²) in [5.41, 5.74) is 0. The van der Waals surface area contributed by atoms with Gasteiger partial charge in [-0.2, -0.15) is 0 Å². The summed E-state index contributed by atoms with van der Waals surface area (Å²) in [6.45, 7) is 8.90. The van der Waals surface area contributed by atoms with Crippen molar-refractivity contribution in [3.8, 4) is 0 Å². The Kier molecular flexibility index (Phi) is 37.4. The van der Waals surface area contributed by atoms with Crippen molar-refractivity contribution in [2.24, 2.45) is 5.92 Å². The molecule has 0 aliphatic carbocycles. The van der Waals surface area contributed by atoms with Crippen LogP contribution in [-0.4, -0.2) is 37.2 Å². The summed E-state index contributed by atoms with van der Waals surface area (Å²) >= 11 is 0. The predicted molar refractivity (Wildman–Crippen MR) is 210 cm³/mol. The fraction of sp³-hybridized carbons (Fsp3) is 0.932. The first-order chi connectivity index (χ1) is 24.4. The van der Waals surface area contributed by atoms with Crippen LogP contribution in [-0.2, 0) is 28.6 Å². The molecule has 0 saturated heterocycles. The SMILES string of the molecule is CCCCCCCCCCCCCCCCC(=O)OC[C@H](COC(=O)CCCCCCCCCCCCC(C)C)OC(=O)CCCCCCC. The second-order valence-electron chi connectivity index (χ2n) is 15.5. The lowest BCUT2D eigenvalue weighted by atomic mass is 10.0. The average Bonchev–Trinajstić information content (AvgIpc) is 3.09. The Labute approximate surface area is 310 Å². The maximum atomic E-state index is 12.5. The van der Waals surface area contributed by atoms with Gasteiger partial charge in [-0.1, -0.05) is 201 Å². The molecule has 6 nitrogen and oxygen atoms in total. The van der Waals surface area contributed by atoms with Gasteiger partial charge in [0.25, 0.3) is 0 Å². The van der Waals surface area contributed by atoms with Crippen LogP contribution in [0.3, 0.4) is 0 Å². The van der Waals surface area contributed by atoms with Gasteiger partial charge in [0.2, 0.25) is 0 Å². The van der Waals surface area contributed by atoms with Crippen LogP contribution in [0.4, 0.5) is 0 Å². The normalized spacial score (nSPS) is 11.9. The molecule has 0 heterocycles. The Morgan fingerprint density at radius 1 is 0.380 bits per heavy atom. The zero-order valence-corrected chi connectivity index (χ0v) is 33.9. The van der Waals surface area contributed by atoms with Crippen molar-refractivity contribution in [3.05, 3.63) is 0 Å². The van der Waals surface area contributed by atoms with Crippen molar-refractivity contribution < 1.29 is 28.6 Å². The predicted octanol–water partition coefficient (Wildman–Crippen LogP) is 13.6. The smallest absolute Gasteiger partial charge is 0.306 e. The molecule has 0 aromatic carbocycles. The third-order valence-corrected chi connectivity index (χ3v) is 9.79. The summed E-state index contributed by atoms with van der Waals surface area (Å²) in [7, 11) is 0. The number of ether oxygens (including phenoxy) is 3. The average molecular weight is 709 g/mol. The largest absolute Gasteiger partial charge is 0.462 e.